The van der Waals surface area contributed by atoms with Gasteiger partial charge in [-0.15, -0.1) is 0 Å². The van der Waals surface area contributed by atoms with Crippen LogP contribution in [0.25, 0.3) is 0 Å². The first-order valence-electron chi connectivity index (χ1n) is 5.16. The fraction of sp³-hybridized carbons (Fsp3) is 0.417. The Kier molecular flexibility index (Phi) is 4.63. The molecule has 0 aliphatic heterocycles. The molecule has 1 atom stereocenters. The number of rotatable bonds is 4. The first-order chi connectivity index (χ1) is 7.13. The molecule has 0 radical (unpaired) electrons. The number of nitrogens with zero attached hydrogens (tertiary/aromatic N) is 2. The molecule has 82 valence electrons. The SMILES string of the molecule is CCC(C)N(C)/N=C/c1ccc(Cl)cc1. The fourth-order valence-corrected chi connectivity index (χ4v) is 1.21. The third-order valence-corrected chi connectivity index (χ3v) is 2.74. The molecule has 0 saturated heterocycles. The van der Waals surface area contributed by atoms with Crippen molar-refractivity contribution in [2.45, 2.75) is 26.3 Å². The fourth-order valence-electron chi connectivity index (χ4n) is 1.08. The van der Waals surface area contributed by atoms with Crippen LogP contribution in [0.1, 0.15) is 25.8 Å². The predicted octanol–water partition coefficient (Wildman–Crippen LogP) is 3.40. The van der Waals surface area contributed by atoms with Crippen molar-refractivity contribution in [1.29, 1.82) is 0 Å². The van der Waals surface area contributed by atoms with Crippen molar-refractivity contribution in [3.05, 3.63) is 34.9 Å². The van der Waals surface area contributed by atoms with Crippen LogP contribution in [0.15, 0.2) is 29.4 Å². The van der Waals surface area contributed by atoms with E-state index in [1.54, 1.807) is 0 Å². The van der Waals surface area contributed by atoms with Crippen LogP contribution >= 0.6 is 11.6 Å². The van der Waals surface area contributed by atoms with E-state index >= 15 is 0 Å². The van der Waals surface area contributed by atoms with Gasteiger partial charge in [0.1, 0.15) is 0 Å². The summed E-state index contributed by atoms with van der Waals surface area (Å²) in [6.07, 6.45) is 2.94. The van der Waals surface area contributed by atoms with Gasteiger partial charge in [-0.2, -0.15) is 5.10 Å². The minimum absolute atomic E-state index is 0.466. The third kappa shape index (κ3) is 3.92. The Balaban J connectivity index is 2.61. The van der Waals surface area contributed by atoms with Crippen molar-refractivity contribution in [2.24, 2.45) is 5.10 Å². The smallest absolute Gasteiger partial charge is 0.0542 e. The Morgan fingerprint density at radius 3 is 2.53 bits per heavy atom. The van der Waals surface area contributed by atoms with E-state index < -0.39 is 0 Å². The molecule has 0 aliphatic rings. The maximum absolute atomic E-state index is 5.79. The van der Waals surface area contributed by atoms with Crippen molar-refractivity contribution in [1.82, 2.24) is 5.01 Å². The molecule has 1 unspecified atom stereocenters. The number of hydrazone groups is 1. The van der Waals surface area contributed by atoms with Crippen LogP contribution in [0.2, 0.25) is 5.02 Å². The second-order valence-corrected chi connectivity index (χ2v) is 4.06. The average molecular weight is 225 g/mol. The first kappa shape index (κ1) is 12.1. The van der Waals surface area contributed by atoms with Gasteiger partial charge in [-0.05, 0) is 31.0 Å². The predicted molar refractivity (Wildman–Crippen MR) is 66.6 cm³/mol. The average Bonchev–Trinajstić information content (AvgIpc) is 2.26. The standard InChI is InChI=1S/C12H17ClN2/c1-4-10(2)15(3)14-9-11-5-7-12(13)8-6-11/h5-10H,4H2,1-3H3/b14-9+. The Morgan fingerprint density at radius 2 is 2.00 bits per heavy atom. The summed E-state index contributed by atoms with van der Waals surface area (Å²) in [6, 6.07) is 8.11. The van der Waals surface area contributed by atoms with Gasteiger partial charge in [0, 0.05) is 18.1 Å². The first-order valence-corrected chi connectivity index (χ1v) is 5.53. The Bertz CT molecular complexity index is 319. The summed E-state index contributed by atoms with van der Waals surface area (Å²) in [4.78, 5) is 0. The lowest BCUT2D eigenvalue weighted by atomic mass is 10.2. The molecule has 1 aromatic rings. The zero-order chi connectivity index (χ0) is 11.3. The lowest BCUT2D eigenvalue weighted by Gasteiger charge is -2.19. The van der Waals surface area contributed by atoms with Crippen molar-refractivity contribution < 1.29 is 0 Å². The molecule has 0 aromatic heterocycles. The van der Waals surface area contributed by atoms with E-state index in [-0.39, 0.29) is 0 Å². The highest BCUT2D eigenvalue weighted by Gasteiger charge is 2.01. The van der Waals surface area contributed by atoms with Gasteiger partial charge in [-0.3, -0.25) is 5.01 Å². The summed E-state index contributed by atoms with van der Waals surface area (Å²) in [5.41, 5.74) is 1.06. The highest BCUT2D eigenvalue weighted by molar-refractivity contribution is 6.30. The van der Waals surface area contributed by atoms with Gasteiger partial charge in [0.25, 0.3) is 0 Å². The second kappa shape index (κ2) is 5.76. The quantitative estimate of drug-likeness (QED) is 0.565. The summed E-state index contributed by atoms with van der Waals surface area (Å²) < 4.78 is 0. The van der Waals surface area contributed by atoms with E-state index in [9.17, 15) is 0 Å². The lowest BCUT2D eigenvalue weighted by Crippen LogP contribution is -2.22. The van der Waals surface area contributed by atoms with Crippen LogP contribution in [-0.2, 0) is 0 Å². The molecule has 3 heteroatoms. The minimum Gasteiger partial charge on any atom is -0.297 e. The topological polar surface area (TPSA) is 15.6 Å². The highest BCUT2D eigenvalue weighted by Crippen LogP contribution is 2.08. The van der Waals surface area contributed by atoms with Crippen molar-refractivity contribution in [3.8, 4) is 0 Å². The van der Waals surface area contributed by atoms with E-state index in [1.807, 2.05) is 42.5 Å². The van der Waals surface area contributed by atoms with Crippen LogP contribution < -0.4 is 0 Å². The Labute approximate surface area is 96.5 Å². The van der Waals surface area contributed by atoms with Crippen molar-refractivity contribution in [2.75, 3.05) is 7.05 Å². The summed E-state index contributed by atoms with van der Waals surface area (Å²) in [5.74, 6) is 0. The molecule has 0 spiro atoms. The maximum Gasteiger partial charge on any atom is 0.0542 e. The van der Waals surface area contributed by atoms with Gasteiger partial charge in [0.15, 0.2) is 0 Å². The highest BCUT2D eigenvalue weighted by atomic mass is 35.5. The molecular weight excluding hydrogens is 208 g/mol. The molecule has 0 bridgehead atoms. The van der Waals surface area contributed by atoms with Gasteiger partial charge >= 0.3 is 0 Å². The molecule has 0 saturated carbocycles. The van der Waals surface area contributed by atoms with Gasteiger partial charge in [0.05, 0.1) is 6.21 Å². The Hall–Kier alpha value is -1.02. The zero-order valence-corrected chi connectivity index (χ0v) is 10.2. The molecule has 0 amide bonds. The van der Waals surface area contributed by atoms with Crippen molar-refractivity contribution in [3.63, 3.8) is 0 Å². The number of hydrogen-bond acceptors (Lipinski definition) is 2. The summed E-state index contributed by atoms with van der Waals surface area (Å²) >= 11 is 5.79. The normalized spacial score (nSPS) is 13.1. The number of benzene rings is 1. The number of hydrogen-bond donors (Lipinski definition) is 0. The summed E-state index contributed by atoms with van der Waals surface area (Å²) in [6.45, 7) is 4.30. The van der Waals surface area contributed by atoms with E-state index in [0.717, 1.165) is 17.0 Å². The molecule has 1 rings (SSSR count). The van der Waals surface area contributed by atoms with Crippen molar-refractivity contribution >= 4 is 17.8 Å². The molecule has 0 fully saturated rings. The van der Waals surface area contributed by atoms with Gasteiger partial charge in [-0.1, -0.05) is 30.7 Å². The molecule has 0 aliphatic carbocycles. The molecule has 0 heterocycles. The third-order valence-electron chi connectivity index (χ3n) is 2.49. The van der Waals surface area contributed by atoms with Gasteiger partial charge in [-0.25, -0.2) is 0 Å². The van der Waals surface area contributed by atoms with E-state index in [0.29, 0.717) is 6.04 Å². The van der Waals surface area contributed by atoms with E-state index in [4.69, 9.17) is 11.6 Å². The molecule has 2 nitrogen and oxygen atoms in total. The Morgan fingerprint density at radius 1 is 1.40 bits per heavy atom. The molecule has 1 aromatic carbocycles. The maximum atomic E-state index is 5.79. The molecule has 15 heavy (non-hydrogen) atoms. The van der Waals surface area contributed by atoms with Crippen LogP contribution in [-0.4, -0.2) is 24.3 Å². The van der Waals surface area contributed by atoms with Gasteiger partial charge < -0.3 is 0 Å². The van der Waals surface area contributed by atoms with E-state index in [1.165, 1.54) is 0 Å². The zero-order valence-electron chi connectivity index (χ0n) is 9.44. The van der Waals surface area contributed by atoms with Crippen LogP contribution in [0.4, 0.5) is 0 Å². The van der Waals surface area contributed by atoms with Crippen LogP contribution in [0, 0.1) is 0 Å². The largest absolute Gasteiger partial charge is 0.297 e. The number of halogens is 1. The summed E-state index contributed by atoms with van der Waals surface area (Å²) in [5, 5.41) is 7.08. The summed E-state index contributed by atoms with van der Waals surface area (Å²) in [7, 11) is 1.99. The molecular formula is C12H17ClN2. The van der Waals surface area contributed by atoms with E-state index in [2.05, 4.69) is 18.9 Å². The van der Waals surface area contributed by atoms with Gasteiger partial charge in [0.2, 0.25) is 0 Å². The lowest BCUT2D eigenvalue weighted by molar-refractivity contribution is 0.266. The monoisotopic (exact) mass is 224 g/mol. The molecule has 0 N–H and O–H groups in total. The van der Waals surface area contributed by atoms with Crippen LogP contribution in [0.3, 0.4) is 0 Å². The van der Waals surface area contributed by atoms with Crippen LogP contribution in [0.5, 0.6) is 0 Å². The second-order valence-electron chi connectivity index (χ2n) is 3.63. The minimum atomic E-state index is 0.466.